The topological polar surface area (TPSA) is 46.5 Å². The first-order valence-corrected chi connectivity index (χ1v) is 7.96. The number of rotatable bonds is 6. The van der Waals surface area contributed by atoms with Crippen LogP contribution in [-0.2, 0) is 11.2 Å². The van der Waals surface area contributed by atoms with E-state index in [-0.39, 0.29) is 0 Å². The summed E-state index contributed by atoms with van der Waals surface area (Å²) in [4.78, 5) is 11.8. The molecule has 1 aromatic rings. The lowest BCUT2D eigenvalue weighted by Crippen LogP contribution is -2.37. The van der Waals surface area contributed by atoms with Gasteiger partial charge in [-0.15, -0.1) is 0 Å². The lowest BCUT2D eigenvalue weighted by Gasteiger charge is -2.37. The highest BCUT2D eigenvalue weighted by molar-refractivity contribution is 5.75. The molecular weight excluding hydrogens is 264 g/mol. The van der Waals surface area contributed by atoms with Crippen molar-refractivity contribution in [2.75, 3.05) is 7.11 Å². The van der Waals surface area contributed by atoms with E-state index in [4.69, 9.17) is 4.74 Å². The Bertz CT molecular complexity index is 456. The molecule has 116 valence electrons. The number of ether oxygens (including phenoxy) is 1. The van der Waals surface area contributed by atoms with Crippen LogP contribution in [0.1, 0.15) is 51.0 Å². The summed E-state index contributed by atoms with van der Waals surface area (Å²) in [6, 6.07) is 7.80. The molecule has 0 amide bonds. The molecule has 0 saturated heterocycles. The summed E-state index contributed by atoms with van der Waals surface area (Å²) in [5.74, 6) is 0.904. The van der Waals surface area contributed by atoms with Crippen molar-refractivity contribution in [2.24, 2.45) is 11.3 Å². The van der Waals surface area contributed by atoms with Crippen molar-refractivity contribution in [1.29, 1.82) is 0 Å². The second-order valence-corrected chi connectivity index (χ2v) is 6.34. The predicted molar refractivity (Wildman–Crippen MR) is 83.6 cm³/mol. The smallest absolute Gasteiger partial charge is 0.309 e. The van der Waals surface area contributed by atoms with Crippen molar-refractivity contribution in [2.45, 2.75) is 51.9 Å². The first-order chi connectivity index (χ1) is 10.1. The van der Waals surface area contributed by atoms with Gasteiger partial charge in [0.2, 0.25) is 0 Å². The van der Waals surface area contributed by atoms with Gasteiger partial charge >= 0.3 is 5.97 Å². The van der Waals surface area contributed by atoms with Crippen LogP contribution in [0.5, 0.6) is 5.75 Å². The summed E-state index contributed by atoms with van der Waals surface area (Å²) in [7, 11) is 1.64. The minimum atomic E-state index is -0.631. The zero-order chi connectivity index (χ0) is 15.3. The van der Waals surface area contributed by atoms with E-state index in [9.17, 15) is 9.90 Å². The predicted octanol–water partition coefficient (Wildman–Crippen LogP) is 4.30. The molecule has 0 spiro atoms. The lowest BCUT2D eigenvalue weighted by molar-refractivity contribution is -0.151. The van der Waals surface area contributed by atoms with Gasteiger partial charge in [-0.05, 0) is 55.7 Å². The van der Waals surface area contributed by atoms with Crippen LogP contribution in [0.3, 0.4) is 0 Å². The van der Waals surface area contributed by atoms with Crippen LogP contribution in [0.2, 0.25) is 0 Å². The molecule has 0 aliphatic heterocycles. The molecule has 21 heavy (non-hydrogen) atoms. The molecule has 0 radical (unpaired) electrons. The highest BCUT2D eigenvalue weighted by atomic mass is 16.5. The molecule has 3 nitrogen and oxygen atoms in total. The third-order valence-corrected chi connectivity index (χ3v) is 4.91. The summed E-state index contributed by atoms with van der Waals surface area (Å²) < 4.78 is 5.16. The van der Waals surface area contributed by atoms with Gasteiger partial charge in [-0.2, -0.15) is 0 Å². The quantitative estimate of drug-likeness (QED) is 0.849. The molecule has 1 N–H and O–H groups in total. The zero-order valence-electron chi connectivity index (χ0n) is 13.1. The number of hydrogen-bond acceptors (Lipinski definition) is 2. The summed E-state index contributed by atoms with van der Waals surface area (Å²) in [6.07, 6.45) is 6.78. The number of hydrogen-bond donors (Lipinski definition) is 1. The molecule has 0 atom stereocenters. The Labute approximate surface area is 127 Å². The Morgan fingerprint density at radius 1 is 1.29 bits per heavy atom. The molecule has 0 heterocycles. The monoisotopic (exact) mass is 290 g/mol. The summed E-state index contributed by atoms with van der Waals surface area (Å²) >= 11 is 0. The largest absolute Gasteiger partial charge is 0.497 e. The molecule has 0 bridgehead atoms. The third-order valence-electron chi connectivity index (χ3n) is 4.91. The zero-order valence-corrected chi connectivity index (χ0v) is 13.1. The van der Waals surface area contributed by atoms with Crippen LogP contribution >= 0.6 is 0 Å². The van der Waals surface area contributed by atoms with Crippen LogP contribution in [-0.4, -0.2) is 18.2 Å². The van der Waals surface area contributed by atoms with Gasteiger partial charge in [0.05, 0.1) is 12.5 Å². The van der Waals surface area contributed by atoms with E-state index >= 15 is 0 Å². The number of carboxylic acids is 1. The van der Waals surface area contributed by atoms with Crippen molar-refractivity contribution in [1.82, 2.24) is 0 Å². The fourth-order valence-electron chi connectivity index (χ4n) is 3.53. The molecule has 1 saturated carbocycles. The number of carbonyl (C=O) groups is 1. The average molecular weight is 290 g/mol. The van der Waals surface area contributed by atoms with Gasteiger partial charge in [-0.1, -0.05) is 31.9 Å². The molecular formula is C18H26O3. The fraction of sp³-hybridized carbons (Fsp3) is 0.611. The summed E-state index contributed by atoms with van der Waals surface area (Å²) in [5, 5.41) is 9.74. The minimum Gasteiger partial charge on any atom is -0.497 e. The molecule has 1 fully saturated rings. The van der Waals surface area contributed by atoms with E-state index in [0.29, 0.717) is 6.42 Å². The van der Waals surface area contributed by atoms with Crippen molar-refractivity contribution >= 4 is 5.97 Å². The van der Waals surface area contributed by atoms with E-state index in [2.05, 4.69) is 6.92 Å². The van der Waals surface area contributed by atoms with E-state index in [1.165, 1.54) is 12.8 Å². The Kier molecular flexibility index (Phi) is 5.27. The van der Waals surface area contributed by atoms with Gasteiger partial charge in [0.1, 0.15) is 5.75 Å². The molecule has 1 aromatic carbocycles. The molecule has 0 aromatic heterocycles. The maximum atomic E-state index is 11.8. The maximum absolute atomic E-state index is 11.8. The van der Waals surface area contributed by atoms with E-state index < -0.39 is 11.4 Å². The van der Waals surface area contributed by atoms with E-state index in [1.54, 1.807) is 7.11 Å². The van der Waals surface area contributed by atoms with Gasteiger partial charge in [0.25, 0.3) is 0 Å². The summed E-state index contributed by atoms with van der Waals surface area (Å²) in [6.45, 7) is 2.20. The highest BCUT2D eigenvalue weighted by Crippen LogP contribution is 2.43. The molecule has 1 aliphatic rings. The van der Waals surface area contributed by atoms with Gasteiger partial charge in [-0.3, -0.25) is 4.79 Å². The van der Waals surface area contributed by atoms with Gasteiger partial charge < -0.3 is 9.84 Å². The number of aliphatic carboxylic acids is 1. The second-order valence-electron chi connectivity index (χ2n) is 6.34. The van der Waals surface area contributed by atoms with Crippen LogP contribution in [0.25, 0.3) is 0 Å². The highest BCUT2D eigenvalue weighted by Gasteiger charge is 2.41. The third kappa shape index (κ3) is 3.78. The average Bonchev–Trinajstić information content (AvgIpc) is 2.50. The summed E-state index contributed by atoms with van der Waals surface area (Å²) in [5.41, 5.74) is 0.519. The Balaban J connectivity index is 2.07. The molecule has 3 heteroatoms. The van der Waals surface area contributed by atoms with Crippen molar-refractivity contribution in [3.63, 3.8) is 0 Å². The van der Waals surface area contributed by atoms with Crippen molar-refractivity contribution in [3.8, 4) is 5.75 Å². The lowest BCUT2D eigenvalue weighted by atomic mass is 9.67. The minimum absolute atomic E-state index is 0.571. The van der Waals surface area contributed by atoms with Crippen LogP contribution in [0.15, 0.2) is 24.3 Å². The Hall–Kier alpha value is -1.51. The van der Waals surface area contributed by atoms with Crippen LogP contribution in [0.4, 0.5) is 0 Å². The van der Waals surface area contributed by atoms with E-state index in [1.807, 2.05) is 24.3 Å². The first-order valence-electron chi connectivity index (χ1n) is 7.96. The SMILES string of the molecule is CCCC1CCC(Cc2ccc(OC)cc2)(C(=O)O)CC1. The standard InChI is InChI=1S/C18H26O3/c1-3-4-14-9-11-18(12-10-14,17(19)20)13-15-5-7-16(21-2)8-6-15/h5-8,14H,3-4,9-13H2,1-2H3,(H,19,20). The van der Waals surface area contributed by atoms with Gasteiger partial charge in [0, 0.05) is 0 Å². The van der Waals surface area contributed by atoms with Gasteiger partial charge in [-0.25, -0.2) is 0 Å². The van der Waals surface area contributed by atoms with Gasteiger partial charge in [0.15, 0.2) is 0 Å². The van der Waals surface area contributed by atoms with Crippen molar-refractivity contribution < 1.29 is 14.6 Å². The second kappa shape index (κ2) is 6.97. The first kappa shape index (κ1) is 15.9. The van der Waals surface area contributed by atoms with E-state index in [0.717, 1.165) is 42.9 Å². The molecule has 1 aliphatic carbocycles. The number of methoxy groups -OCH3 is 1. The fourth-order valence-corrected chi connectivity index (χ4v) is 3.53. The van der Waals surface area contributed by atoms with Crippen LogP contribution in [0, 0.1) is 11.3 Å². The maximum Gasteiger partial charge on any atom is 0.309 e. The number of benzene rings is 1. The normalized spacial score (nSPS) is 25.5. The van der Waals surface area contributed by atoms with Crippen LogP contribution < -0.4 is 4.74 Å². The Morgan fingerprint density at radius 2 is 1.90 bits per heavy atom. The molecule has 2 rings (SSSR count). The van der Waals surface area contributed by atoms with Crippen molar-refractivity contribution in [3.05, 3.63) is 29.8 Å². The number of carboxylic acid groups (broad SMARTS) is 1. The Morgan fingerprint density at radius 3 is 2.38 bits per heavy atom. The molecule has 0 unspecified atom stereocenters.